The first-order chi connectivity index (χ1) is 15.0. The van der Waals surface area contributed by atoms with Crippen LogP contribution in [0.3, 0.4) is 0 Å². The van der Waals surface area contributed by atoms with Gasteiger partial charge in [-0.3, -0.25) is 4.79 Å². The van der Waals surface area contributed by atoms with E-state index in [-0.39, 0.29) is 16.9 Å². The molecule has 0 spiro atoms. The minimum atomic E-state index is -0.543. The maximum atomic E-state index is 12.8. The quantitative estimate of drug-likeness (QED) is 0.495. The van der Waals surface area contributed by atoms with Gasteiger partial charge in [-0.05, 0) is 47.2 Å². The van der Waals surface area contributed by atoms with Crippen LogP contribution in [0.1, 0.15) is 26.3 Å². The Hall–Kier alpha value is -4.64. The van der Waals surface area contributed by atoms with Crippen molar-refractivity contribution in [3.8, 4) is 11.8 Å². The number of hydrogen-bond donors (Lipinski definition) is 2. The topological polar surface area (TPSA) is 123 Å². The average molecular weight is 411 g/mol. The third-order valence-electron chi connectivity index (χ3n) is 4.84. The summed E-state index contributed by atoms with van der Waals surface area (Å²) in [6.45, 7) is 0. The third kappa shape index (κ3) is 3.68. The summed E-state index contributed by atoms with van der Waals surface area (Å²) < 4.78 is 6.28. The Labute approximate surface area is 177 Å². The van der Waals surface area contributed by atoms with Crippen LogP contribution in [-0.4, -0.2) is 28.8 Å². The smallest absolute Gasteiger partial charge is 0.339 e. The Kier molecular flexibility index (Phi) is 5.08. The summed E-state index contributed by atoms with van der Waals surface area (Å²) in [5.74, 6) is -0.712. The van der Waals surface area contributed by atoms with E-state index < -0.39 is 11.9 Å². The summed E-state index contributed by atoms with van der Waals surface area (Å²) in [6, 6.07) is 19.5. The fourth-order valence-electron chi connectivity index (χ4n) is 3.22. The van der Waals surface area contributed by atoms with E-state index in [2.05, 4.69) is 10.4 Å². The average Bonchev–Trinajstić information content (AvgIpc) is 3.18. The molecule has 8 nitrogen and oxygen atoms in total. The van der Waals surface area contributed by atoms with Crippen molar-refractivity contribution in [3.05, 3.63) is 83.6 Å². The van der Waals surface area contributed by atoms with Crippen molar-refractivity contribution in [2.24, 2.45) is 0 Å². The molecule has 3 N–H and O–H groups in total. The molecule has 1 aromatic heterocycles. The normalized spacial score (nSPS) is 10.5. The van der Waals surface area contributed by atoms with Crippen LogP contribution < -0.4 is 11.1 Å². The minimum absolute atomic E-state index is 0.221. The summed E-state index contributed by atoms with van der Waals surface area (Å²) in [4.78, 5) is 25.1. The lowest BCUT2D eigenvalue weighted by Crippen LogP contribution is -2.15. The van der Waals surface area contributed by atoms with E-state index in [0.717, 1.165) is 10.8 Å². The van der Waals surface area contributed by atoms with Crippen LogP contribution in [0.4, 0.5) is 11.5 Å². The minimum Gasteiger partial charge on any atom is -0.465 e. The largest absolute Gasteiger partial charge is 0.465 e. The van der Waals surface area contributed by atoms with Gasteiger partial charge in [0.25, 0.3) is 5.91 Å². The van der Waals surface area contributed by atoms with E-state index in [1.165, 1.54) is 18.0 Å². The van der Waals surface area contributed by atoms with Crippen LogP contribution in [0.2, 0.25) is 0 Å². The number of nitrogens with one attached hydrogen (secondary N) is 1. The number of nitrogens with two attached hydrogens (primary N) is 1. The van der Waals surface area contributed by atoms with Crippen LogP contribution in [-0.2, 0) is 4.74 Å². The Bertz CT molecular complexity index is 1350. The summed E-state index contributed by atoms with van der Waals surface area (Å²) in [5.41, 5.74) is 7.78. The van der Waals surface area contributed by atoms with Gasteiger partial charge in [0.1, 0.15) is 17.5 Å². The van der Waals surface area contributed by atoms with Crippen molar-refractivity contribution in [1.29, 1.82) is 5.26 Å². The summed E-state index contributed by atoms with van der Waals surface area (Å²) in [5, 5.41) is 17.6. The van der Waals surface area contributed by atoms with Crippen LogP contribution in [0, 0.1) is 11.3 Å². The number of fused-ring (bicyclic) bond motifs is 1. The molecule has 0 saturated carbocycles. The van der Waals surface area contributed by atoms with Gasteiger partial charge in [0.2, 0.25) is 0 Å². The molecule has 0 unspecified atom stereocenters. The van der Waals surface area contributed by atoms with Crippen LogP contribution in [0.25, 0.3) is 16.5 Å². The maximum absolute atomic E-state index is 12.8. The first kappa shape index (κ1) is 19.7. The van der Waals surface area contributed by atoms with E-state index in [9.17, 15) is 9.59 Å². The Morgan fingerprint density at radius 3 is 2.39 bits per heavy atom. The highest BCUT2D eigenvalue weighted by Crippen LogP contribution is 2.26. The molecule has 0 aliphatic rings. The molecule has 0 bridgehead atoms. The molecule has 1 heterocycles. The van der Waals surface area contributed by atoms with E-state index in [1.54, 1.807) is 36.4 Å². The van der Waals surface area contributed by atoms with Gasteiger partial charge in [0.15, 0.2) is 0 Å². The number of carbonyl (C=O) groups is 2. The van der Waals surface area contributed by atoms with Crippen LogP contribution >= 0.6 is 0 Å². The number of anilines is 2. The second-order valence-corrected chi connectivity index (χ2v) is 6.70. The molecular formula is C23H17N5O3. The fourth-order valence-corrected chi connectivity index (χ4v) is 3.22. The monoisotopic (exact) mass is 411 g/mol. The molecule has 4 rings (SSSR count). The zero-order valence-electron chi connectivity index (χ0n) is 16.5. The number of hydrogen-bond acceptors (Lipinski definition) is 6. The van der Waals surface area contributed by atoms with Gasteiger partial charge in [-0.1, -0.05) is 24.3 Å². The number of rotatable bonds is 4. The molecule has 0 atom stereocenters. The van der Waals surface area contributed by atoms with Crippen molar-refractivity contribution in [2.75, 3.05) is 18.2 Å². The van der Waals surface area contributed by atoms with E-state index >= 15 is 0 Å². The maximum Gasteiger partial charge on any atom is 0.339 e. The van der Waals surface area contributed by atoms with Crippen LogP contribution in [0.15, 0.2) is 66.9 Å². The first-order valence-corrected chi connectivity index (χ1v) is 9.28. The number of aromatic nitrogens is 2. The number of esters is 1. The van der Waals surface area contributed by atoms with Crippen molar-refractivity contribution < 1.29 is 14.3 Å². The van der Waals surface area contributed by atoms with E-state index in [1.807, 2.05) is 30.3 Å². The molecule has 0 aliphatic heterocycles. The molecule has 0 radical (unpaired) electrons. The van der Waals surface area contributed by atoms with Crippen molar-refractivity contribution in [3.63, 3.8) is 0 Å². The van der Waals surface area contributed by atoms with Gasteiger partial charge in [-0.25, -0.2) is 9.48 Å². The van der Waals surface area contributed by atoms with Crippen molar-refractivity contribution >= 4 is 34.2 Å². The highest BCUT2D eigenvalue weighted by atomic mass is 16.5. The van der Waals surface area contributed by atoms with Gasteiger partial charge in [0.05, 0.1) is 30.2 Å². The van der Waals surface area contributed by atoms with Gasteiger partial charge in [-0.15, -0.1) is 0 Å². The van der Waals surface area contributed by atoms with Gasteiger partial charge in [0, 0.05) is 5.56 Å². The summed E-state index contributed by atoms with van der Waals surface area (Å²) >= 11 is 0. The fraction of sp³-hybridized carbons (Fsp3) is 0.0435. The number of nitriles is 1. The second kappa shape index (κ2) is 8.00. The molecule has 152 valence electrons. The molecule has 4 aromatic rings. The third-order valence-corrected chi connectivity index (χ3v) is 4.84. The number of ether oxygens (including phenoxy) is 1. The SMILES string of the molecule is COC(=O)c1cc2ccccc2cc1NC(=O)c1ccc(-n2ncc(C#N)c2N)cc1. The number of methoxy groups -OCH3 is 1. The molecule has 0 saturated heterocycles. The van der Waals surface area contributed by atoms with Gasteiger partial charge >= 0.3 is 5.97 Å². The molecule has 3 aromatic carbocycles. The standard InChI is InChI=1S/C23H17N5O3/c1-31-23(30)19-10-15-4-2-3-5-16(15)11-20(19)27-22(29)14-6-8-18(9-7-14)28-21(25)17(12-24)13-26-28/h2-11,13H,25H2,1H3,(H,27,29). The lowest BCUT2D eigenvalue weighted by Gasteiger charge is -2.12. The number of carbonyl (C=O) groups excluding carboxylic acids is 2. The molecule has 0 aliphatic carbocycles. The van der Waals surface area contributed by atoms with E-state index in [0.29, 0.717) is 16.9 Å². The highest BCUT2D eigenvalue weighted by molar-refractivity contribution is 6.10. The van der Waals surface area contributed by atoms with Gasteiger partial charge < -0.3 is 15.8 Å². The lowest BCUT2D eigenvalue weighted by molar-refractivity contribution is 0.0602. The van der Waals surface area contributed by atoms with Crippen LogP contribution in [0.5, 0.6) is 0 Å². The predicted octanol–water partition coefficient (Wildman–Crippen LogP) is 3.52. The molecule has 0 fully saturated rings. The first-order valence-electron chi connectivity index (χ1n) is 9.28. The summed E-state index contributed by atoms with van der Waals surface area (Å²) in [6.07, 6.45) is 1.38. The van der Waals surface area contributed by atoms with E-state index in [4.69, 9.17) is 15.7 Å². The van der Waals surface area contributed by atoms with Gasteiger partial charge in [-0.2, -0.15) is 10.4 Å². The Morgan fingerprint density at radius 1 is 1.10 bits per heavy atom. The zero-order valence-corrected chi connectivity index (χ0v) is 16.5. The van der Waals surface area contributed by atoms with Crippen molar-refractivity contribution in [2.45, 2.75) is 0 Å². The Morgan fingerprint density at radius 2 is 1.77 bits per heavy atom. The molecular weight excluding hydrogens is 394 g/mol. The Balaban J connectivity index is 1.63. The lowest BCUT2D eigenvalue weighted by atomic mass is 10.0. The molecule has 1 amide bonds. The number of nitrogen functional groups attached to an aromatic ring is 1. The predicted molar refractivity (Wildman–Crippen MR) is 116 cm³/mol. The zero-order chi connectivity index (χ0) is 22.0. The number of amides is 1. The second-order valence-electron chi connectivity index (χ2n) is 6.70. The number of benzene rings is 3. The number of nitrogens with zero attached hydrogens (tertiary/aromatic N) is 3. The highest BCUT2D eigenvalue weighted by Gasteiger charge is 2.17. The van der Waals surface area contributed by atoms with Crippen molar-refractivity contribution in [1.82, 2.24) is 9.78 Å². The molecule has 8 heteroatoms. The summed E-state index contributed by atoms with van der Waals surface area (Å²) in [7, 11) is 1.29. The molecule has 31 heavy (non-hydrogen) atoms.